The highest BCUT2D eigenvalue weighted by atomic mass is 15.1. The van der Waals surface area contributed by atoms with E-state index in [-0.39, 0.29) is 0 Å². The molecule has 0 aromatic heterocycles. The molecule has 0 aromatic carbocycles. The zero-order valence-corrected chi connectivity index (χ0v) is 12.8. The van der Waals surface area contributed by atoms with Crippen molar-refractivity contribution in [3.05, 3.63) is 12.2 Å². The van der Waals surface area contributed by atoms with Gasteiger partial charge in [0.1, 0.15) is 0 Å². The summed E-state index contributed by atoms with van der Waals surface area (Å²) in [7, 11) is 0. The van der Waals surface area contributed by atoms with Crippen LogP contribution < -0.4 is 5.73 Å². The predicted molar refractivity (Wildman–Crippen MR) is 83.4 cm³/mol. The van der Waals surface area contributed by atoms with E-state index in [2.05, 4.69) is 17.1 Å². The summed E-state index contributed by atoms with van der Waals surface area (Å²) in [5, 5.41) is 0. The van der Waals surface area contributed by atoms with Crippen molar-refractivity contribution < 1.29 is 0 Å². The molecule has 1 saturated heterocycles. The number of nitrogens with two attached hydrogens (primary N) is 1. The number of hydrogen-bond acceptors (Lipinski definition) is 2. The first-order valence-corrected chi connectivity index (χ1v) is 8.86. The minimum absolute atomic E-state index is 0.457. The molecule has 20 heavy (non-hydrogen) atoms. The zero-order chi connectivity index (χ0) is 13.6. The number of likely N-dealkylation sites (tertiary alicyclic amines) is 1. The molecule has 4 saturated carbocycles. The molecule has 0 unspecified atom stereocenters. The third kappa shape index (κ3) is 2.57. The molecule has 2 nitrogen and oxygen atoms in total. The van der Waals surface area contributed by atoms with Gasteiger partial charge in [-0.15, -0.1) is 0 Å². The first kappa shape index (κ1) is 13.3. The minimum atomic E-state index is 0.457. The monoisotopic (exact) mass is 274 g/mol. The fourth-order valence-corrected chi connectivity index (χ4v) is 5.97. The Morgan fingerprint density at radius 2 is 1.50 bits per heavy atom. The summed E-state index contributed by atoms with van der Waals surface area (Å²) < 4.78 is 0. The molecule has 4 aliphatic carbocycles. The van der Waals surface area contributed by atoms with E-state index in [1.54, 1.807) is 19.3 Å². The molecule has 5 rings (SSSR count). The van der Waals surface area contributed by atoms with Gasteiger partial charge in [0.15, 0.2) is 0 Å². The lowest BCUT2D eigenvalue weighted by Gasteiger charge is -2.56. The van der Waals surface area contributed by atoms with Crippen LogP contribution in [0, 0.1) is 23.2 Å². The Balaban J connectivity index is 1.35. The summed E-state index contributed by atoms with van der Waals surface area (Å²) in [5.74, 6) is 3.21. The molecule has 2 heteroatoms. The van der Waals surface area contributed by atoms with Gasteiger partial charge in [-0.2, -0.15) is 0 Å². The van der Waals surface area contributed by atoms with Crippen molar-refractivity contribution in [2.45, 2.75) is 57.4 Å². The Bertz CT molecular complexity index is 344. The molecule has 4 bridgehead atoms. The minimum Gasteiger partial charge on any atom is -0.328 e. The molecule has 0 aromatic rings. The number of nitrogens with zero attached hydrogens (tertiary/aromatic N) is 1. The summed E-state index contributed by atoms with van der Waals surface area (Å²) in [6.07, 6.45) is 16.7. The summed E-state index contributed by atoms with van der Waals surface area (Å²) in [5.41, 5.74) is 6.60. The van der Waals surface area contributed by atoms with Crippen molar-refractivity contribution in [3.63, 3.8) is 0 Å². The van der Waals surface area contributed by atoms with E-state index in [0.29, 0.717) is 11.5 Å². The van der Waals surface area contributed by atoms with E-state index < -0.39 is 0 Å². The van der Waals surface area contributed by atoms with Crippen molar-refractivity contribution in [1.29, 1.82) is 0 Å². The van der Waals surface area contributed by atoms with Gasteiger partial charge in [-0.1, -0.05) is 12.2 Å². The van der Waals surface area contributed by atoms with Crippen LogP contribution in [-0.2, 0) is 0 Å². The maximum Gasteiger partial charge on any atom is 0.0163 e. The van der Waals surface area contributed by atoms with Crippen molar-refractivity contribution in [2.75, 3.05) is 19.6 Å². The molecule has 112 valence electrons. The van der Waals surface area contributed by atoms with Crippen LogP contribution >= 0.6 is 0 Å². The van der Waals surface area contributed by atoms with Gasteiger partial charge in [0, 0.05) is 12.6 Å². The van der Waals surface area contributed by atoms with Crippen LogP contribution in [0.3, 0.4) is 0 Å². The lowest BCUT2D eigenvalue weighted by atomic mass is 9.49. The molecule has 0 amide bonds. The zero-order valence-electron chi connectivity index (χ0n) is 12.8. The summed E-state index contributed by atoms with van der Waals surface area (Å²) >= 11 is 0. The highest BCUT2D eigenvalue weighted by Crippen LogP contribution is 2.60. The maximum atomic E-state index is 5.98. The van der Waals surface area contributed by atoms with Gasteiger partial charge in [-0.25, -0.2) is 0 Å². The van der Waals surface area contributed by atoms with Gasteiger partial charge in [0.05, 0.1) is 0 Å². The van der Waals surface area contributed by atoms with E-state index in [4.69, 9.17) is 5.73 Å². The molecule has 0 radical (unpaired) electrons. The lowest BCUT2D eigenvalue weighted by molar-refractivity contribution is -0.0239. The van der Waals surface area contributed by atoms with Gasteiger partial charge < -0.3 is 5.73 Å². The van der Waals surface area contributed by atoms with Crippen LogP contribution in [0.5, 0.6) is 0 Å². The first-order valence-electron chi connectivity index (χ1n) is 8.86. The van der Waals surface area contributed by atoms with E-state index in [0.717, 1.165) is 24.3 Å². The normalized spacial score (nSPS) is 45.5. The second kappa shape index (κ2) is 5.14. The Morgan fingerprint density at radius 3 is 2.05 bits per heavy atom. The molecule has 5 aliphatic rings. The molecule has 5 fully saturated rings. The van der Waals surface area contributed by atoms with Crippen LogP contribution in [0.1, 0.15) is 51.4 Å². The number of piperidine rings is 1. The maximum absolute atomic E-state index is 5.98. The lowest BCUT2D eigenvalue weighted by Crippen LogP contribution is -2.45. The second-order valence-electron chi connectivity index (χ2n) is 8.32. The van der Waals surface area contributed by atoms with Crippen LogP contribution in [0.15, 0.2) is 12.2 Å². The molecule has 2 N–H and O–H groups in total. The first-order chi connectivity index (χ1) is 9.71. The van der Waals surface area contributed by atoms with Crippen LogP contribution in [0.2, 0.25) is 0 Å². The van der Waals surface area contributed by atoms with Gasteiger partial charge in [-0.3, -0.25) is 4.90 Å². The summed E-state index contributed by atoms with van der Waals surface area (Å²) in [4.78, 5) is 2.58. The van der Waals surface area contributed by atoms with E-state index >= 15 is 0 Å². The largest absolute Gasteiger partial charge is 0.328 e. The number of rotatable bonds is 3. The fraction of sp³-hybridized carbons (Fsp3) is 0.889. The molecular weight excluding hydrogens is 244 g/mol. The summed E-state index contributed by atoms with van der Waals surface area (Å²) in [6.45, 7) is 3.56. The average molecular weight is 274 g/mol. The van der Waals surface area contributed by atoms with E-state index in [1.807, 2.05) is 0 Å². The predicted octanol–water partition coefficient (Wildman–Crippen LogP) is 3.18. The Hall–Kier alpha value is -0.340. The van der Waals surface area contributed by atoms with Crippen molar-refractivity contribution >= 4 is 0 Å². The molecular formula is C18H30N2. The molecule has 0 atom stereocenters. The fourth-order valence-electron chi connectivity index (χ4n) is 5.97. The van der Waals surface area contributed by atoms with Gasteiger partial charge in [0.2, 0.25) is 0 Å². The average Bonchev–Trinajstić information content (AvgIpc) is 2.39. The topological polar surface area (TPSA) is 29.3 Å². The molecule has 1 aliphatic heterocycles. The third-order valence-electron chi connectivity index (χ3n) is 6.55. The van der Waals surface area contributed by atoms with Crippen LogP contribution in [0.4, 0.5) is 0 Å². The van der Waals surface area contributed by atoms with E-state index in [1.165, 1.54) is 45.2 Å². The smallest absolute Gasteiger partial charge is 0.0163 e. The standard InChI is InChI=1S/C18H30N2/c19-17-2-6-20(7-3-17)5-1-4-18-11-14-8-15(12-18)10-16(9-14)13-18/h1,4,14-17H,2-3,5-13,19H2/b4-1+. The van der Waals surface area contributed by atoms with Gasteiger partial charge in [0.25, 0.3) is 0 Å². The van der Waals surface area contributed by atoms with Crippen LogP contribution in [0.25, 0.3) is 0 Å². The quantitative estimate of drug-likeness (QED) is 0.801. The summed E-state index contributed by atoms with van der Waals surface area (Å²) in [6, 6.07) is 0.457. The highest BCUT2D eigenvalue weighted by molar-refractivity contribution is 5.11. The second-order valence-corrected chi connectivity index (χ2v) is 8.32. The molecule has 0 spiro atoms. The van der Waals surface area contributed by atoms with Gasteiger partial charge >= 0.3 is 0 Å². The van der Waals surface area contributed by atoms with Gasteiger partial charge in [-0.05, 0) is 87.6 Å². The van der Waals surface area contributed by atoms with Crippen molar-refractivity contribution in [3.8, 4) is 0 Å². The molecule has 1 heterocycles. The number of allylic oxidation sites excluding steroid dienone is 1. The van der Waals surface area contributed by atoms with Crippen LogP contribution in [-0.4, -0.2) is 30.6 Å². The Labute approximate surface area is 123 Å². The third-order valence-corrected chi connectivity index (χ3v) is 6.55. The Morgan fingerprint density at radius 1 is 0.950 bits per heavy atom. The number of hydrogen-bond donors (Lipinski definition) is 1. The highest BCUT2D eigenvalue weighted by Gasteiger charge is 2.49. The SMILES string of the molecule is NC1CCN(C/C=C/C23CC4CC(CC(C4)C2)C3)CC1. The van der Waals surface area contributed by atoms with Crippen molar-refractivity contribution in [2.24, 2.45) is 28.9 Å². The van der Waals surface area contributed by atoms with E-state index in [9.17, 15) is 0 Å². The Kier molecular flexibility index (Phi) is 3.42. The van der Waals surface area contributed by atoms with Crippen molar-refractivity contribution in [1.82, 2.24) is 4.90 Å².